The summed E-state index contributed by atoms with van der Waals surface area (Å²) in [6, 6.07) is 4.15. The lowest BCUT2D eigenvalue weighted by Crippen LogP contribution is -2.25. The van der Waals surface area contributed by atoms with Crippen molar-refractivity contribution in [2.24, 2.45) is 0 Å². The predicted molar refractivity (Wildman–Crippen MR) is 65.2 cm³/mol. The molecular weight excluding hydrogens is 245 g/mol. The van der Waals surface area contributed by atoms with Crippen LogP contribution >= 0.6 is 11.6 Å². The lowest BCUT2D eigenvalue weighted by atomic mass is 10.2. The summed E-state index contributed by atoms with van der Waals surface area (Å²) in [6.07, 6.45) is 1.61. The number of ether oxygens (including phenoxy) is 1. The Balaban J connectivity index is 2.57. The average molecular weight is 260 g/mol. The van der Waals surface area contributed by atoms with Crippen molar-refractivity contribution in [3.63, 3.8) is 0 Å². The maximum atomic E-state index is 13.5. The van der Waals surface area contributed by atoms with E-state index in [2.05, 4.69) is 5.32 Å². The Morgan fingerprint density at radius 3 is 2.82 bits per heavy atom. The molecule has 0 bridgehead atoms. The minimum absolute atomic E-state index is 0.0247. The number of hydrogen-bond acceptors (Lipinski definition) is 2. The van der Waals surface area contributed by atoms with Gasteiger partial charge in [0.05, 0.1) is 12.7 Å². The largest absolute Gasteiger partial charge is 0.497 e. The van der Waals surface area contributed by atoms with Gasteiger partial charge in [-0.1, -0.05) is 0 Å². The van der Waals surface area contributed by atoms with Crippen LogP contribution in [0.5, 0.6) is 5.75 Å². The van der Waals surface area contributed by atoms with Crippen molar-refractivity contribution >= 4 is 17.5 Å². The summed E-state index contributed by atoms with van der Waals surface area (Å²) >= 11 is 5.51. The maximum Gasteiger partial charge on any atom is 0.254 e. The van der Waals surface area contributed by atoms with Gasteiger partial charge >= 0.3 is 0 Å². The second-order valence-electron chi connectivity index (χ2n) is 3.50. The number of carbonyl (C=O) groups excluding carboxylic acids is 1. The highest BCUT2D eigenvalue weighted by Crippen LogP contribution is 2.15. The molecule has 1 N–H and O–H groups in total. The molecule has 0 radical (unpaired) electrons. The normalized spacial score (nSPS) is 10.1. The van der Waals surface area contributed by atoms with E-state index in [9.17, 15) is 9.18 Å². The van der Waals surface area contributed by atoms with E-state index in [0.717, 1.165) is 12.8 Å². The maximum absolute atomic E-state index is 13.5. The number of rotatable bonds is 6. The van der Waals surface area contributed by atoms with Gasteiger partial charge in [-0.25, -0.2) is 4.39 Å². The van der Waals surface area contributed by atoms with Crippen LogP contribution in [-0.2, 0) is 0 Å². The molecule has 0 spiro atoms. The van der Waals surface area contributed by atoms with Crippen molar-refractivity contribution < 1.29 is 13.9 Å². The zero-order chi connectivity index (χ0) is 12.7. The van der Waals surface area contributed by atoms with E-state index in [1.807, 2.05) is 0 Å². The van der Waals surface area contributed by atoms with Gasteiger partial charge in [0.2, 0.25) is 0 Å². The number of halogens is 2. The van der Waals surface area contributed by atoms with E-state index in [-0.39, 0.29) is 5.56 Å². The van der Waals surface area contributed by atoms with Gasteiger partial charge in [0.25, 0.3) is 5.91 Å². The van der Waals surface area contributed by atoms with E-state index in [1.54, 1.807) is 6.07 Å². The fourth-order valence-electron chi connectivity index (χ4n) is 1.32. The highest BCUT2D eigenvalue weighted by Gasteiger charge is 2.11. The molecule has 0 aromatic heterocycles. The molecule has 1 amide bonds. The standard InChI is InChI=1S/C12H15ClFNO2/c1-17-9-4-5-10(11(14)8-9)12(16)15-7-3-2-6-13/h4-5,8H,2-3,6-7H2,1H3,(H,15,16). The molecule has 0 atom stereocenters. The van der Waals surface area contributed by atoms with Gasteiger partial charge in [0, 0.05) is 18.5 Å². The van der Waals surface area contributed by atoms with Crippen LogP contribution in [0.25, 0.3) is 0 Å². The van der Waals surface area contributed by atoms with Crippen molar-refractivity contribution in [3.8, 4) is 5.75 Å². The topological polar surface area (TPSA) is 38.3 Å². The molecule has 3 nitrogen and oxygen atoms in total. The first-order valence-electron chi connectivity index (χ1n) is 5.36. The Hall–Kier alpha value is -1.29. The van der Waals surface area contributed by atoms with Gasteiger partial charge < -0.3 is 10.1 Å². The number of hydrogen-bond donors (Lipinski definition) is 1. The zero-order valence-electron chi connectivity index (χ0n) is 9.63. The molecule has 94 valence electrons. The van der Waals surface area contributed by atoms with Gasteiger partial charge in [-0.3, -0.25) is 4.79 Å². The molecule has 17 heavy (non-hydrogen) atoms. The summed E-state index contributed by atoms with van der Waals surface area (Å²) in [5.74, 6) is -0.0487. The first kappa shape index (κ1) is 13.8. The fraction of sp³-hybridized carbons (Fsp3) is 0.417. The summed E-state index contributed by atoms with van der Waals surface area (Å²) in [7, 11) is 1.45. The molecular formula is C12H15ClFNO2. The quantitative estimate of drug-likeness (QED) is 0.630. The van der Waals surface area contributed by atoms with Crippen LogP contribution in [0.4, 0.5) is 4.39 Å². The molecule has 0 fully saturated rings. The van der Waals surface area contributed by atoms with Crippen molar-refractivity contribution in [1.82, 2.24) is 5.32 Å². The van der Waals surface area contributed by atoms with Gasteiger partial charge in [0.15, 0.2) is 0 Å². The molecule has 1 rings (SSSR count). The molecule has 0 heterocycles. The minimum Gasteiger partial charge on any atom is -0.497 e. The Morgan fingerprint density at radius 2 is 2.24 bits per heavy atom. The molecule has 0 saturated carbocycles. The van der Waals surface area contributed by atoms with Crippen LogP contribution in [0.3, 0.4) is 0 Å². The fourth-order valence-corrected chi connectivity index (χ4v) is 1.51. The molecule has 1 aromatic rings. The number of unbranched alkanes of at least 4 members (excludes halogenated alkanes) is 1. The first-order valence-corrected chi connectivity index (χ1v) is 5.90. The molecule has 0 aliphatic heterocycles. The number of nitrogens with one attached hydrogen (secondary N) is 1. The van der Waals surface area contributed by atoms with E-state index >= 15 is 0 Å². The molecule has 0 aliphatic rings. The van der Waals surface area contributed by atoms with Crippen molar-refractivity contribution in [2.45, 2.75) is 12.8 Å². The van der Waals surface area contributed by atoms with Gasteiger partial charge in [-0.05, 0) is 25.0 Å². The second-order valence-corrected chi connectivity index (χ2v) is 3.88. The third kappa shape index (κ3) is 4.23. The van der Waals surface area contributed by atoms with E-state index < -0.39 is 11.7 Å². The Bertz CT molecular complexity index is 385. The smallest absolute Gasteiger partial charge is 0.254 e. The number of carbonyl (C=O) groups is 1. The van der Waals surface area contributed by atoms with Crippen LogP contribution in [0.1, 0.15) is 23.2 Å². The van der Waals surface area contributed by atoms with Crippen LogP contribution in [0, 0.1) is 5.82 Å². The average Bonchev–Trinajstić information content (AvgIpc) is 2.34. The summed E-state index contributed by atoms with van der Waals surface area (Å²) in [5, 5.41) is 2.63. The van der Waals surface area contributed by atoms with Crippen LogP contribution in [0.15, 0.2) is 18.2 Å². The molecule has 5 heteroatoms. The summed E-state index contributed by atoms with van der Waals surface area (Å²) in [4.78, 5) is 11.6. The summed E-state index contributed by atoms with van der Waals surface area (Å²) in [6.45, 7) is 0.497. The number of amides is 1. The van der Waals surface area contributed by atoms with Crippen LogP contribution < -0.4 is 10.1 Å². The third-order valence-corrected chi connectivity index (χ3v) is 2.53. The number of methoxy groups -OCH3 is 1. The van der Waals surface area contributed by atoms with E-state index in [0.29, 0.717) is 18.2 Å². The van der Waals surface area contributed by atoms with Crippen molar-refractivity contribution in [2.75, 3.05) is 19.5 Å². The third-order valence-electron chi connectivity index (χ3n) is 2.27. The van der Waals surface area contributed by atoms with Gasteiger partial charge in [-0.2, -0.15) is 0 Å². The molecule has 0 unspecified atom stereocenters. The Morgan fingerprint density at radius 1 is 1.47 bits per heavy atom. The zero-order valence-corrected chi connectivity index (χ0v) is 10.4. The monoisotopic (exact) mass is 259 g/mol. The number of alkyl halides is 1. The highest BCUT2D eigenvalue weighted by molar-refractivity contribution is 6.17. The lowest BCUT2D eigenvalue weighted by molar-refractivity contribution is 0.0949. The first-order chi connectivity index (χ1) is 8.19. The Labute approximate surface area is 105 Å². The van der Waals surface area contributed by atoms with Gasteiger partial charge in [-0.15, -0.1) is 11.6 Å². The van der Waals surface area contributed by atoms with Crippen LogP contribution in [-0.4, -0.2) is 25.4 Å². The summed E-state index contributed by atoms with van der Waals surface area (Å²) in [5.41, 5.74) is 0.0247. The highest BCUT2D eigenvalue weighted by atomic mass is 35.5. The van der Waals surface area contributed by atoms with E-state index in [4.69, 9.17) is 16.3 Å². The molecule has 0 saturated heterocycles. The predicted octanol–water partition coefficient (Wildman–Crippen LogP) is 2.58. The van der Waals surface area contributed by atoms with Crippen LogP contribution in [0.2, 0.25) is 0 Å². The number of benzene rings is 1. The summed E-state index contributed by atoms with van der Waals surface area (Å²) < 4.78 is 18.4. The minimum atomic E-state index is -0.584. The van der Waals surface area contributed by atoms with E-state index in [1.165, 1.54) is 19.2 Å². The van der Waals surface area contributed by atoms with Crippen molar-refractivity contribution in [1.29, 1.82) is 0 Å². The SMILES string of the molecule is COc1ccc(C(=O)NCCCCCl)c(F)c1. The molecule has 1 aromatic carbocycles. The lowest BCUT2D eigenvalue weighted by Gasteiger charge is -2.06. The second kappa shape index (κ2) is 7.12. The molecule has 0 aliphatic carbocycles. The van der Waals surface area contributed by atoms with Crippen molar-refractivity contribution in [3.05, 3.63) is 29.6 Å². The van der Waals surface area contributed by atoms with Gasteiger partial charge in [0.1, 0.15) is 11.6 Å². The Kier molecular flexibility index (Phi) is 5.77.